The summed E-state index contributed by atoms with van der Waals surface area (Å²) in [6, 6.07) is 5.35. The van der Waals surface area contributed by atoms with Crippen LogP contribution in [-0.4, -0.2) is 30.1 Å². The zero-order chi connectivity index (χ0) is 19.7. The van der Waals surface area contributed by atoms with Crippen molar-refractivity contribution in [3.05, 3.63) is 35.6 Å². The Labute approximate surface area is 163 Å². The number of imide groups is 1. The van der Waals surface area contributed by atoms with Gasteiger partial charge in [-0.1, -0.05) is 18.2 Å². The number of carbonyl (C=O) groups is 3. The van der Waals surface area contributed by atoms with Crippen molar-refractivity contribution in [1.29, 1.82) is 0 Å². The standard InChI is InChI=1S/C21H25FN2O4/c22-17-4-2-1-3-16(17)8-19(26)28-12-18(25)23-20(27)24-21-9-13-5-14(10-21)7-15(6-13)11-21/h1-4,13-15H,5-12H2,(H2,23,24,25,27). The van der Waals surface area contributed by atoms with Crippen LogP contribution in [-0.2, 0) is 20.7 Å². The Balaban J connectivity index is 1.22. The molecule has 150 valence electrons. The van der Waals surface area contributed by atoms with Gasteiger partial charge in [-0.2, -0.15) is 0 Å². The third-order valence-corrected chi connectivity index (χ3v) is 6.33. The molecule has 6 nitrogen and oxygen atoms in total. The van der Waals surface area contributed by atoms with Crippen LogP contribution in [0.25, 0.3) is 0 Å². The molecule has 0 radical (unpaired) electrons. The van der Waals surface area contributed by atoms with Crippen molar-refractivity contribution in [1.82, 2.24) is 10.6 Å². The van der Waals surface area contributed by atoms with E-state index in [1.807, 2.05) is 0 Å². The molecule has 0 atom stereocenters. The lowest BCUT2D eigenvalue weighted by molar-refractivity contribution is -0.147. The van der Waals surface area contributed by atoms with Crippen LogP contribution in [0.5, 0.6) is 0 Å². The van der Waals surface area contributed by atoms with E-state index in [2.05, 4.69) is 10.6 Å². The summed E-state index contributed by atoms with van der Waals surface area (Å²) in [4.78, 5) is 36.0. The Bertz CT molecular complexity index is 759. The van der Waals surface area contributed by atoms with Crippen molar-refractivity contribution in [3.63, 3.8) is 0 Å². The van der Waals surface area contributed by atoms with Crippen LogP contribution < -0.4 is 10.6 Å². The van der Waals surface area contributed by atoms with Gasteiger partial charge in [-0.3, -0.25) is 14.9 Å². The van der Waals surface area contributed by atoms with Crippen molar-refractivity contribution in [2.24, 2.45) is 17.8 Å². The molecule has 4 aliphatic rings. The van der Waals surface area contributed by atoms with Gasteiger partial charge in [0.25, 0.3) is 5.91 Å². The number of urea groups is 1. The molecule has 4 aliphatic carbocycles. The second kappa shape index (κ2) is 7.53. The van der Waals surface area contributed by atoms with Gasteiger partial charge in [0.05, 0.1) is 6.42 Å². The summed E-state index contributed by atoms with van der Waals surface area (Å²) in [6.45, 7) is -0.568. The maximum absolute atomic E-state index is 13.5. The SMILES string of the molecule is O=C(COC(=O)Cc1ccccc1F)NC(=O)NC12CC3CC(CC(C3)C1)C2. The van der Waals surface area contributed by atoms with Crippen LogP contribution in [0.1, 0.15) is 44.1 Å². The third kappa shape index (κ3) is 4.18. The zero-order valence-corrected chi connectivity index (χ0v) is 15.7. The van der Waals surface area contributed by atoms with Crippen LogP contribution in [0.2, 0.25) is 0 Å². The van der Waals surface area contributed by atoms with E-state index >= 15 is 0 Å². The Morgan fingerprint density at radius 2 is 1.64 bits per heavy atom. The highest BCUT2D eigenvalue weighted by molar-refractivity contribution is 5.95. The average molecular weight is 388 g/mol. The van der Waals surface area contributed by atoms with Gasteiger partial charge in [-0.25, -0.2) is 9.18 Å². The Kier molecular flexibility index (Phi) is 5.08. The highest BCUT2D eigenvalue weighted by Crippen LogP contribution is 2.55. The van der Waals surface area contributed by atoms with Gasteiger partial charge in [0, 0.05) is 5.54 Å². The van der Waals surface area contributed by atoms with Crippen LogP contribution in [0.15, 0.2) is 24.3 Å². The number of rotatable bonds is 5. The van der Waals surface area contributed by atoms with Crippen molar-refractivity contribution >= 4 is 17.9 Å². The topological polar surface area (TPSA) is 84.5 Å². The van der Waals surface area contributed by atoms with E-state index in [0.717, 1.165) is 19.3 Å². The molecule has 1 aromatic carbocycles. The fourth-order valence-corrected chi connectivity index (χ4v) is 5.69. The molecule has 1 aromatic rings. The Hall–Kier alpha value is -2.44. The number of hydrogen-bond acceptors (Lipinski definition) is 4. The second-order valence-electron chi connectivity index (χ2n) is 8.63. The molecule has 28 heavy (non-hydrogen) atoms. The number of hydrogen-bond donors (Lipinski definition) is 2. The van der Waals surface area contributed by atoms with Gasteiger partial charge in [-0.15, -0.1) is 0 Å². The van der Waals surface area contributed by atoms with Crippen LogP contribution in [0.3, 0.4) is 0 Å². The summed E-state index contributed by atoms with van der Waals surface area (Å²) in [5, 5.41) is 5.27. The van der Waals surface area contributed by atoms with Gasteiger partial charge in [-0.05, 0) is 67.9 Å². The largest absolute Gasteiger partial charge is 0.455 e. The first-order valence-electron chi connectivity index (χ1n) is 9.92. The molecule has 0 heterocycles. The average Bonchev–Trinajstić information content (AvgIpc) is 2.60. The summed E-state index contributed by atoms with van der Waals surface area (Å²) < 4.78 is 18.4. The monoisotopic (exact) mass is 388 g/mol. The first-order chi connectivity index (χ1) is 13.4. The second-order valence-corrected chi connectivity index (χ2v) is 8.63. The maximum atomic E-state index is 13.5. The Morgan fingerprint density at radius 1 is 1.04 bits per heavy atom. The first-order valence-corrected chi connectivity index (χ1v) is 9.92. The lowest BCUT2D eigenvalue weighted by atomic mass is 9.53. The molecular formula is C21H25FN2O4. The predicted molar refractivity (Wildman–Crippen MR) is 98.6 cm³/mol. The summed E-state index contributed by atoms with van der Waals surface area (Å²) >= 11 is 0. The number of ether oxygens (including phenoxy) is 1. The molecule has 4 bridgehead atoms. The zero-order valence-electron chi connectivity index (χ0n) is 15.7. The summed E-state index contributed by atoms with van der Waals surface area (Å²) in [7, 11) is 0. The lowest BCUT2D eigenvalue weighted by Gasteiger charge is -2.56. The molecule has 4 fully saturated rings. The molecule has 0 aliphatic heterocycles. The number of amides is 3. The normalized spacial score (nSPS) is 30.0. The number of benzene rings is 1. The summed E-state index contributed by atoms with van der Waals surface area (Å²) in [6.07, 6.45) is 6.48. The minimum Gasteiger partial charge on any atom is -0.455 e. The molecule has 2 N–H and O–H groups in total. The van der Waals surface area contributed by atoms with E-state index in [9.17, 15) is 18.8 Å². The molecule has 0 spiro atoms. The smallest absolute Gasteiger partial charge is 0.321 e. The molecular weight excluding hydrogens is 363 g/mol. The van der Waals surface area contributed by atoms with E-state index in [4.69, 9.17) is 4.74 Å². The van der Waals surface area contributed by atoms with Crippen LogP contribution in [0.4, 0.5) is 9.18 Å². The highest BCUT2D eigenvalue weighted by Gasteiger charge is 2.51. The fraction of sp³-hybridized carbons (Fsp3) is 0.571. The van der Waals surface area contributed by atoms with Crippen molar-refractivity contribution in [3.8, 4) is 0 Å². The molecule has 0 aromatic heterocycles. The van der Waals surface area contributed by atoms with Gasteiger partial charge in [0.2, 0.25) is 0 Å². The first kappa shape index (κ1) is 18.9. The molecule has 0 saturated heterocycles. The highest BCUT2D eigenvalue weighted by atomic mass is 19.1. The van der Waals surface area contributed by atoms with Crippen molar-refractivity contribution < 1.29 is 23.5 Å². The molecule has 5 rings (SSSR count). The quantitative estimate of drug-likeness (QED) is 0.760. The molecule has 4 saturated carbocycles. The van der Waals surface area contributed by atoms with Gasteiger partial charge in [0.15, 0.2) is 6.61 Å². The summed E-state index contributed by atoms with van der Waals surface area (Å²) in [5.74, 6) is 0.134. The van der Waals surface area contributed by atoms with Gasteiger partial charge >= 0.3 is 12.0 Å². The number of halogens is 1. The lowest BCUT2D eigenvalue weighted by Crippen LogP contribution is -2.62. The van der Waals surface area contributed by atoms with Gasteiger partial charge < -0.3 is 10.1 Å². The molecule has 3 amide bonds. The maximum Gasteiger partial charge on any atom is 0.321 e. The fourth-order valence-electron chi connectivity index (χ4n) is 5.69. The van der Waals surface area contributed by atoms with E-state index in [-0.39, 0.29) is 17.5 Å². The van der Waals surface area contributed by atoms with E-state index in [1.54, 1.807) is 6.07 Å². The minimum atomic E-state index is -0.721. The molecule has 0 unspecified atom stereocenters. The Morgan fingerprint density at radius 3 is 2.25 bits per heavy atom. The number of carbonyl (C=O) groups excluding carboxylic acids is 3. The third-order valence-electron chi connectivity index (χ3n) is 6.33. The van der Waals surface area contributed by atoms with E-state index in [0.29, 0.717) is 17.8 Å². The van der Waals surface area contributed by atoms with Crippen molar-refractivity contribution in [2.45, 2.75) is 50.5 Å². The minimum absolute atomic E-state index is 0.194. The van der Waals surface area contributed by atoms with E-state index in [1.165, 1.54) is 37.5 Å². The van der Waals surface area contributed by atoms with Crippen LogP contribution >= 0.6 is 0 Å². The van der Waals surface area contributed by atoms with Gasteiger partial charge in [0.1, 0.15) is 5.82 Å². The van der Waals surface area contributed by atoms with Crippen LogP contribution in [0, 0.1) is 23.6 Å². The summed E-state index contributed by atoms with van der Waals surface area (Å²) in [5.41, 5.74) is 0.00754. The number of esters is 1. The molecule has 7 heteroatoms. The van der Waals surface area contributed by atoms with Crippen molar-refractivity contribution in [2.75, 3.05) is 6.61 Å². The predicted octanol–water partition coefficient (Wildman–Crippen LogP) is 2.71. The number of nitrogens with one attached hydrogen (secondary N) is 2. The van der Waals surface area contributed by atoms with E-state index < -0.39 is 30.3 Å².